The molecule has 0 spiro atoms. The minimum absolute atomic E-state index is 0.863. The molecule has 2 aromatic rings. The summed E-state index contributed by atoms with van der Waals surface area (Å²) in [6.07, 6.45) is 4.01. The summed E-state index contributed by atoms with van der Waals surface area (Å²) in [6.45, 7) is 5.12. The van der Waals surface area contributed by atoms with Gasteiger partial charge in [0.1, 0.15) is 0 Å². The Morgan fingerprint density at radius 2 is 1.90 bits per heavy atom. The van der Waals surface area contributed by atoms with Crippen LogP contribution < -0.4 is 4.90 Å². The predicted octanol–water partition coefficient (Wildman–Crippen LogP) is 2.40. The Labute approximate surface area is 124 Å². The lowest BCUT2D eigenvalue weighted by Crippen LogP contribution is -2.45. The predicted molar refractivity (Wildman–Crippen MR) is 82.2 cm³/mol. The second-order valence-electron chi connectivity index (χ2n) is 5.23. The lowest BCUT2D eigenvalue weighted by atomic mass is 10.2. The van der Waals surface area contributed by atoms with Gasteiger partial charge in [0, 0.05) is 51.0 Å². The first-order valence-corrected chi connectivity index (χ1v) is 7.29. The molecule has 0 amide bonds. The van der Waals surface area contributed by atoms with Gasteiger partial charge >= 0.3 is 0 Å². The van der Waals surface area contributed by atoms with Gasteiger partial charge in [0.2, 0.25) is 0 Å². The van der Waals surface area contributed by atoms with Crippen LogP contribution in [0.15, 0.2) is 36.7 Å². The largest absolute Gasteiger partial charge is 0.366 e. The molecule has 106 valence electrons. The summed E-state index contributed by atoms with van der Waals surface area (Å²) in [6, 6.07) is 8.10. The van der Waals surface area contributed by atoms with Gasteiger partial charge in [0.05, 0.1) is 11.9 Å². The fourth-order valence-corrected chi connectivity index (χ4v) is 2.80. The van der Waals surface area contributed by atoms with E-state index in [-0.39, 0.29) is 0 Å². The number of hydrogen-bond acceptors (Lipinski definition) is 3. The average Bonchev–Trinajstić information content (AvgIpc) is 2.89. The van der Waals surface area contributed by atoms with Gasteiger partial charge in [0.15, 0.2) is 0 Å². The Bertz CT molecular complexity index is 573. The Kier molecular flexibility index (Phi) is 3.94. The number of benzene rings is 1. The van der Waals surface area contributed by atoms with Crippen molar-refractivity contribution >= 4 is 17.3 Å². The third kappa shape index (κ3) is 2.97. The zero-order valence-corrected chi connectivity index (χ0v) is 12.4. The van der Waals surface area contributed by atoms with Gasteiger partial charge < -0.3 is 4.90 Å². The van der Waals surface area contributed by atoms with E-state index in [2.05, 4.69) is 27.2 Å². The Hall–Kier alpha value is -1.52. The van der Waals surface area contributed by atoms with Gasteiger partial charge in [-0.3, -0.25) is 9.58 Å². The molecule has 5 heteroatoms. The summed E-state index contributed by atoms with van der Waals surface area (Å²) in [7, 11) is 1.96. The number of aryl methyl sites for hydroxylation is 1. The molecule has 20 heavy (non-hydrogen) atoms. The summed E-state index contributed by atoms with van der Waals surface area (Å²) < 4.78 is 1.85. The van der Waals surface area contributed by atoms with Gasteiger partial charge in [-0.2, -0.15) is 5.10 Å². The highest BCUT2D eigenvalue weighted by Crippen LogP contribution is 2.19. The van der Waals surface area contributed by atoms with Crippen LogP contribution >= 0.6 is 11.6 Å². The van der Waals surface area contributed by atoms with Crippen molar-refractivity contribution in [3.63, 3.8) is 0 Å². The highest BCUT2D eigenvalue weighted by Gasteiger charge is 2.18. The number of aromatic nitrogens is 2. The monoisotopic (exact) mass is 290 g/mol. The van der Waals surface area contributed by atoms with E-state index in [0.717, 1.165) is 37.7 Å². The number of hydrogen-bond donors (Lipinski definition) is 0. The lowest BCUT2D eigenvalue weighted by molar-refractivity contribution is 0.250. The molecule has 3 rings (SSSR count). The van der Waals surface area contributed by atoms with Gasteiger partial charge in [-0.05, 0) is 11.6 Å². The number of piperazine rings is 1. The summed E-state index contributed by atoms with van der Waals surface area (Å²) >= 11 is 6.22. The fraction of sp³-hybridized carbons (Fsp3) is 0.400. The first kappa shape index (κ1) is 13.5. The number of anilines is 1. The highest BCUT2D eigenvalue weighted by atomic mass is 35.5. The molecular formula is C15H19ClN4. The van der Waals surface area contributed by atoms with Gasteiger partial charge in [-0.25, -0.2) is 0 Å². The summed E-state index contributed by atoms with van der Waals surface area (Å²) in [5, 5.41) is 5.10. The third-order valence-electron chi connectivity index (χ3n) is 3.78. The molecule has 2 heterocycles. The molecule has 1 fully saturated rings. The minimum Gasteiger partial charge on any atom is -0.366 e. The van der Waals surface area contributed by atoms with Crippen molar-refractivity contribution in [2.45, 2.75) is 6.54 Å². The Morgan fingerprint density at radius 3 is 2.55 bits per heavy atom. The van der Waals surface area contributed by atoms with E-state index in [1.165, 1.54) is 11.3 Å². The van der Waals surface area contributed by atoms with E-state index >= 15 is 0 Å². The van der Waals surface area contributed by atoms with Crippen LogP contribution in [0.2, 0.25) is 5.02 Å². The second-order valence-corrected chi connectivity index (χ2v) is 5.63. The molecular weight excluding hydrogens is 272 g/mol. The van der Waals surface area contributed by atoms with Gasteiger partial charge in [-0.15, -0.1) is 0 Å². The van der Waals surface area contributed by atoms with Crippen LogP contribution in [0.25, 0.3) is 0 Å². The molecule has 0 unspecified atom stereocenters. The van der Waals surface area contributed by atoms with Crippen LogP contribution in [0.5, 0.6) is 0 Å². The van der Waals surface area contributed by atoms with Crippen molar-refractivity contribution in [1.29, 1.82) is 0 Å². The average molecular weight is 291 g/mol. The van der Waals surface area contributed by atoms with Crippen molar-refractivity contribution in [3.05, 3.63) is 47.2 Å². The summed E-state index contributed by atoms with van der Waals surface area (Å²) in [5.41, 5.74) is 2.42. The molecule has 1 aromatic carbocycles. The molecule has 1 aliphatic rings. The molecule has 0 aliphatic carbocycles. The first-order chi connectivity index (χ1) is 9.72. The normalized spacial score (nSPS) is 16.6. The maximum atomic E-state index is 6.22. The number of rotatable bonds is 3. The molecule has 1 aromatic heterocycles. The number of nitrogens with zero attached hydrogens (tertiary/aromatic N) is 4. The molecule has 4 nitrogen and oxygen atoms in total. The van der Waals surface area contributed by atoms with Crippen molar-refractivity contribution in [3.8, 4) is 0 Å². The maximum Gasteiger partial charge on any atom is 0.0753 e. The second kappa shape index (κ2) is 5.85. The smallest absolute Gasteiger partial charge is 0.0753 e. The van der Waals surface area contributed by atoms with E-state index in [0.29, 0.717) is 0 Å². The minimum atomic E-state index is 0.863. The van der Waals surface area contributed by atoms with Crippen LogP contribution in [0.1, 0.15) is 5.56 Å². The summed E-state index contributed by atoms with van der Waals surface area (Å²) in [4.78, 5) is 4.84. The van der Waals surface area contributed by atoms with Crippen molar-refractivity contribution in [2.75, 3.05) is 31.1 Å². The molecule has 0 atom stereocenters. The maximum absolute atomic E-state index is 6.22. The van der Waals surface area contributed by atoms with Gasteiger partial charge in [0.25, 0.3) is 0 Å². The van der Waals surface area contributed by atoms with Crippen LogP contribution in [0, 0.1) is 0 Å². The van der Waals surface area contributed by atoms with E-state index in [1.807, 2.05) is 36.1 Å². The highest BCUT2D eigenvalue weighted by molar-refractivity contribution is 6.31. The van der Waals surface area contributed by atoms with Crippen molar-refractivity contribution in [1.82, 2.24) is 14.7 Å². The van der Waals surface area contributed by atoms with E-state index in [9.17, 15) is 0 Å². The zero-order chi connectivity index (χ0) is 13.9. The van der Waals surface area contributed by atoms with Crippen LogP contribution in [0.3, 0.4) is 0 Å². The van der Waals surface area contributed by atoms with Crippen LogP contribution in [-0.4, -0.2) is 40.9 Å². The van der Waals surface area contributed by atoms with E-state index < -0.39 is 0 Å². The molecule has 0 bridgehead atoms. The standard InChI is InChI=1S/C15H19ClN4/c1-18-12-14(10-17-18)20-8-6-19(7-9-20)11-13-4-2-3-5-15(13)16/h2-5,10,12H,6-9,11H2,1H3. The zero-order valence-electron chi connectivity index (χ0n) is 11.7. The molecule has 0 radical (unpaired) electrons. The van der Waals surface area contributed by atoms with Crippen molar-refractivity contribution in [2.24, 2.45) is 7.05 Å². The van der Waals surface area contributed by atoms with E-state index in [4.69, 9.17) is 11.6 Å². The summed E-state index contributed by atoms with van der Waals surface area (Å²) in [5.74, 6) is 0. The lowest BCUT2D eigenvalue weighted by Gasteiger charge is -2.35. The number of halogens is 1. The molecule has 1 saturated heterocycles. The third-order valence-corrected chi connectivity index (χ3v) is 4.15. The first-order valence-electron chi connectivity index (χ1n) is 6.92. The topological polar surface area (TPSA) is 24.3 Å². The fourth-order valence-electron chi connectivity index (χ4n) is 2.60. The van der Waals surface area contributed by atoms with Gasteiger partial charge in [-0.1, -0.05) is 29.8 Å². The molecule has 0 saturated carbocycles. The molecule has 1 aliphatic heterocycles. The van der Waals surface area contributed by atoms with E-state index in [1.54, 1.807) is 0 Å². The Morgan fingerprint density at radius 1 is 1.15 bits per heavy atom. The Balaban J connectivity index is 1.58. The molecule has 0 N–H and O–H groups in total. The van der Waals surface area contributed by atoms with Crippen LogP contribution in [-0.2, 0) is 13.6 Å². The van der Waals surface area contributed by atoms with Crippen LogP contribution in [0.4, 0.5) is 5.69 Å². The van der Waals surface area contributed by atoms with Crippen molar-refractivity contribution < 1.29 is 0 Å². The SMILES string of the molecule is Cn1cc(N2CCN(Cc3ccccc3Cl)CC2)cn1. The quantitative estimate of drug-likeness (QED) is 0.867.